The van der Waals surface area contributed by atoms with Gasteiger partial charge >= 0.3 is 0 Å². The van der Waals surface area contributed by atoms with Crippen molar-refractivity contribution in [2.75, 3.05) is 5.32 Å². The zero-order valence-corrected chi connectivity index (χ0v) is 11.9. The molecule has 1 N–H and O–H groups in total. The summed E-state index contributed by atoms with van der Waals surface area (Å²) in [6.07, 6.45) is 3.40. The van der Waals surface area contributed by atoms with Crippen molar-refractivity contribution in [3.05, 3.63) is 51.9 Å². The van der Waals surface area contributed by atoms with Crippen molar-refractivity contribution >= 4 is 39.7 Å². The van der Waals surface area contributed by atoms with Gasteiger partial charge in [-0.25, -0.2) is 0 Å². The first-order valence-electron chi connectivity index (χ1n) is 5.93. The van der Waals surface area contributed by atoms with Gasteiger partial charge in [0, 0.05) is 24.1 Å². The zero-order chi connectivity index (χ0) is 13.2. The predicted octanol–water partition coefficient (Wildman–Crippen LogP) is 4.52. The molecule has 1 atom stereocenters. The summed E-state index contributed by atoms with van der Waals surface area (Å²) in [6.45, 7) is 2.11. The van der Waals surface area contributed by atoms with E-state index in [2.05, 4.69) is 27.6 Å². The summed E-state index contributed by atoms with van der Waals surface area (Å²) < 4.78 is 0.813. The quantitative estimate of drug-likeness (QED) is 0.770. The van der Waals surface area contributed by atoms with Crippen LogP contribution in [0.15, 0.2) is 42.0 Å². The number of nitrogens with zero attached hydrogens (tertiary/aromatic N) is 2. The van der Waals surface area contributed by atoms with Crippen molar-refractivity contribution in [3.8, 4) is 0 Å². The first-order valence-corrected chi connectivity index (χ1v) is 7.19. The standard InChI is InChI=1S/C14H12ClN3S/c1-9(10-6-14(15)19-8-10)18-11-2-3-12-13(7-11)17-5-4-16-12/h2-9,18H,1H3. The van der Waals surface area contributed by atoms with Crippen LogP contribution in [-0.2, 0) is 0 Å². The summed E-state index contributed by atoms with van der Waals surface area (Å²) in [5, 5.41) is 5.51. The highest BCUT2D eigenvalue weighted by atomic mass is 35.5. The fraction of sp³-hybridized carbons (Fsp3) is 0.143. The smallest absolute Gasteiger partial charge is 0.0931 e. The SMILES string of the molecule is CC(Nc1ccc2nccnc2c1)c1csc(Cl)c1. The van der Waals surface area contributed by atoms with E-state index < -0.39 is 0 Å². The molecule has 0 saturated heterocycles. The molecule has 3 nitrogen and oxygen atoms in total. The third kappa shape index (κ3) is 2.69. The second kappa shape index (κ2) is 5.15. The van der Waals surface area contributed by atoms with Crippen molar-refractivity contribution in [2.24, 2.45) is 0 Å². The lowest BCUT2D eigenvalue weighted by molar-refractivity contribution is 0.891. The molecule has 96 valence electrons. The van der Waals surface area contributed by atoms with E-state index in [0.29, 0.717) is 0 Å². The molecule has 1 aromatic carbocycles. The number of hydrogen-bond donors (Lipinski definition) is 1. The van der Waals surface area contributed by atoms with E-state index in [9.17, 15) is 0 Å². The van der Waals surface area contributed by atoms with Gasteiger partial charge in [-0.05, 0) is 42.1 Å². The van der Waals surface area contributed by atoms with Crippen molar-refractivity contribution < 1.29 is 0 Å². The molecule has 0 aliphatic heterocycles. The number of benzene rings is 1. The third-order valence-electron chi connectivity index (χ3n) is 2.94. The van der Waals surface area contributed by atoms with Crippen LogP contribution in [-0.4, -0.2) is 9.97 Å². The molecule has 0 radical (unpaired) electrons. The van der Waals surface area contributed by atoms with Gasteiger partial charge in [0.05, 0.1) is 15.4 Å². The van der Waals surface area contributed by atoms with Crippen LogP contribution in [0.25, 0.3) is 11.0 Å². The molecule has 2 heterocycles. The number of aromatic nitrogens is 2. The summed E-state index contributed by atoms with van der Waals surface area (Å²) in [7, 11) is 0. The van der Waals surface area contributed by atoms with E-state index in [-0.39, 0.29) is 6.04 Å². The average Bonchev–Trinajstić information content (AvgIpc) is 2.85. The Hall–Kier alpha value is -1.65. The van der Waals surface area contributed by atoms with Crippen molar-refractivity contribution in [1.82, 2.24) is 9.97 Å². The van der Waals surface area contributed by atoms with E-state index in [1.165, 1.54) is 5.56 Å². The minimum atomic E-state index is 0.206. The molecule has 0 amide bonds. The van der Waals surface area contributed by atoms with Gasteiger partial charge < -0.3 is 5.32 Å². The van der Waals surface area contributed by atoms with Crippen LogP contribution in [0.1, 0.15) is 18.5 Å². The Morgan fingerprint density at radius 2 is 1.95 bits per heavy atom. The Kier molecular flexibility index (Phi) is 3.36. The number of fused-ring (bicyclic) bond motifs is 1. The summed E-state index contributed by atoms with van der Waals surface area (Å²) >= 11 is 7.51. The molecule has 0 aliphatic carbocycles. The van der Waals surface area contributed by atoms with Crippen LogP contribution < -0.4 is 5.32 Å². The summed E-state index contributed by atoms with van der Waals surface area (Å²) in [4.78, 5) is 8.56. The van der Waals surface area contributed by atoms with Gasteiger partial charge in [-0.15, -0.1) is 11.3 Å². The zero-order valence-electron chi connectivity index (χ0n) is 10.3. The molecule has 0 saturated carbocycles. The Morgan fingerprint density at radius 3 is 2.68 bits per heavy atom. The lowest BCUT2D eigenvalue weighted by Gasteiger charge is -2.14. The van der Waals surface area contributed by atoms with Gasteiger partial charge in [0.15, 0.2) is 0 Å². The molecule has 3 aromatic rings. The second-order valence-electron chi connectivity index (χ2n) is 4.31. The number of anilines is 1. The number of hydrogen-bond acceptors (Lipinski definition) is 4. The Labute approximate surface area is 120 Å². The highest BCUT2D eigenvalue weighted by Crippen LogP contribution is 2.27. The molecule has 19 heavy (non-hydrogen) atoms. The van der Waals surface area contributed by atoms with Gasteiger partial charge in [-0.1, -0.05) is 11.6 Å². The van der Waals surface area contributed by atoms with E-state index >= 15 is 0 Å². The van der Waals surface area contributed by atoms with Crippen LogP contribution in [0.2, 0.25) is 4.34 Å². The molecule has 3 rings (SSSR count). The van der Waals surface area contributed by atoms with Gasteiger partial charge in [-0.3, -0.25) is 9.97 Å². The molecule has 0 aliphatic rings. The molecule has 0 bridgehead atoms. The van der Waals surface area contributed by atoms with Gasteiger partial charge in [0.1, 0.15) is 0 Å². The van der Waals surface area contributed by atoms with Crippen LogP contribution in [0, 0.1) is 0 Å². The monoisotopic (exact) mass is 289 g/mol. The first kappa shape index (κ1) is 12.4. The number of thiophene rings is 1. The summed E-state index contributed by atoms with van der Waals surface area (Å²) in [5.41, 5.74) is 4.01. The maximum atomic E-state index is 5.96. The number of rotatable bonds is 3. The van der Waals surface area contributed by atoms with Crippen LogP contribution in [0.3, 0.4) is 0 Å². The maximum Gasteiger partial charge on any atom is 0.0931 e. The molecule has 0 fully saturated rings. The fourth-order valence-corrected chi connectivity index (χ4v) is 2.92. The highest BCUT2D eigenvalue weighted by molar-refractivity contribution is 7.14. The normalized spacial score (nSPS) is 12.5. The third-order valence-corrected chi connectivity index (χ3v) is 4.05. The Balaban J connectivity index is 1.84. The minimum Gasteiger partial charge on any atom is -0.378 e. The molecule has 5 heteroatoms. The topological polar surface area (TPSA) is 37.8 Å². The van der Waals surface area contributed by atoms with Gasteiger partial charge in [-0.2, -0.15) is 0 Å². The minimum absolute atomic E-state index is 0.206. The van der Waals surface area contributed by atoms with Crippen molar-refractivity contribution in [2.45, 2.75) is 13.0 Å². The fourth-order valence-electron chi connectivity index (χ4n) is 1.94. The van der Waals surface area contributed by atoms with Gasteiger partial charge in [0.25, 0.3) is 0 Å². The average molecular weight is 290 g/mol. The van der Waals surface area contributed by atoms with Crippen molar-refractivity contribution in [3.63, 3.8) is 0 Å². The van der Waals surface area contributed by atoms with Crippen LogP contribution in [0.5, 0.6) is 0 Å². The van der Waals surface area contributed by atoms with E-state index in [1.807, 2.05) is 24.3 Å². The van der Waals surface area contributed by atoms with E-state index in [1.54, 1.807) is 23.7 Å². The van der Waals surface area contributed by atoms with Crippen LogP contribution >= 0.6 is 22.9 Å². The Bertz CT molecular complexity index is 710. The summed E-state index contributed by atoms with van der Waals surface area (Å²) in [5.74, 6) is 0. The largest absolute Gasteiger partial charge is 0.378 e. The van der Waals surface area contributed by atoms with Gasteiger partial charge in [0.2, 0.25) is 0 Å². The molecule has 1 unspecified atom stereocenters. The highest BCUT2D eigenvalue weighted by Gasteiger charge is 2.08. The molecular formula is C14H12ClN3S. The number of halogens is 1. The first-order chi connectivity index (χ1) is 9.22. The predicted molar refractivity (Wildman–Crippen MR) is 80.9 cm³/mol. The molecule has 2 aromatic heterocycles. The Morgan fingerprint density at radius 1 is 1.16 bits per heavy atom. The summed E-state index contributed by atoms with van der Waals surface area (Å²) in [6, 6.07) is 8.19. The second-order valence-corrected chi connectivity index (χ2v) is 5.85. The van der Waals surface area contributed by atoms with E-state index in [4.69, 9.17) is 11.6 Å². The lowest BCUT2D eigenvalue weighted by Crippen LogP contribution is -2.05. The van der Waals surface area contributed by atoms with Crippen molar-refractivity contribution in [1.29, 1.82) is 0 Å². The van der Waals surface area contributed by atoms with E-state index in [0.717, 1.165) is 21.1 Å². The van der Waals surface area contributed by atoms with Crippen LogP contribution in [0.4, 0.5) is 5.69 Å². The molecular weight excluding hydrogens is 278 g/mol. The lowest BCUT2D eigenvalue weighted by atomic mass is 10.1. The maximum absolute atomic E-state index is 5.96. The number of nitrogens with one attached hydrogen (secondary N) is 1. The molecule has 0 spiro atoms.